The van der Waals surface area contributed by atoms with Gasteiger partial charge in [-0.3, -0.25) is 14.4 Å². The van der Waals surface area contributed by atoms with E-state index in [1.807, 2.05) is 55.5 Å². The summed E-state index contributed by atoms with van der Waals surface area (Å²) in [7, 11) is 1.44. The van der Waals surface area contributed by atoms with Crippen LogP contribution in [0, 0.1) is 0 Å². The van der Waals surface area contributed by atoms with Crippen molar-refractivity contribution in [3.8, 4) is 17.2 Å². The Labute approximate surface area is 289 Å². The SMILES string of the molecule is CCOc1ccccc1NC(=O)C(Sc1cccc(NC(=O)/C(=C\c2ccc(O)cc2OC)NC(=O)c2ccccc2)c1)c1ccccc1. The number of amides is 3. The van der Waals surface area contributed by atoms with E-state index in [1.54, 1.807) is 66.7 Å². The minimum Gasteiger partial charge on any atom is -0.508 e. The normalized spacial score (nSPS) is 11.6. The standard InChI is InChI=1S/C39H35N3O6S/c1-3-48-34-20-11-10-19-32(34)41-39(46)36(26-13-6-4-7-14-26)49-31-18-12-17-29(24-31)40-38(45)33(42-37(44)27-15-8-5-9-16-27)23-28-21-22-30(43)25-35(28)47-2/h4-25,36,43H,3H2,1-2H3,(H,40,45)(H,41,46)(H,42,44)/b33-23+. The zero-order chi connectivity index (χ0) is 34.6. The van der Waals surface area contributed by atoms with Crippen LogP contribution in [-0.2, 0) is 9.59 Å². The largest absolute Gasteiger partial charge is 0.508 e. The number of hydrogen-bond donors (Lipinski definition) is 4. The number of benzene rings is 5. The van der Waals surface area contributed by atoms with Crippen molar-refractivity contribution in [2.75, 3.05) is 24.4 Å². The van der Waals surface area contributed by atoms with E-state index in [1.165, 1.54) is 37.1 Å². The first kappa shape index (κ1) is 34.3. The summed E-state index contributed by atoms with van der Waals surface area (Å²) in [4.78, 5) is 41.3. The molecule has 9 nitrogen and oxygen atoms in total. The third-order valence-corrected chi connectivity index (χ3v) is 8.42. The Bertz CT molecular complexity index is 1950. The second kappa shape index (κ2) is 16.7. The summed E-state index contributed by atoms with van der Waals surface area (Å²) < 4.78 is 11.1. The van der Waals surface area contributed by atoms with Crippen LogP contribution in [0.4, 0.5) is 11.4 Å². The lowest BCUT2D eigenvalue weighted by molar-refractivity contribution is -0.116. The summed E-state index contributed by atoms with van der Waals surface area (Å²) in [5, 5.41) is 17.9. The molecule has 0 aliphatic carbocycles. The maximum absolute atomic E-state index is 13.8. The highest BCUT2D eigenvalue weighted by Gasteiger charge is 2.24. The van der Waals surface area contributed by atoms with Crippen LogP contribution in [0.15, 0.2) is 138 Å². The fourth-order valence-electron chi connectivity index (χ4n) is 4.85. The molecule has 0 aromatic heterocycles. The van der Waals surface area contributed by atoms with Crippen molar-refractivity contribution in [3.05, 3.63) is 150 Å². The van der Waals surface area contributed by atoms with Gasteiger partial charge in [-0.25, -0.2) is 0 Å². The van der Waals surface area contributed by atoms with Crippen molar-refractivity contribution >= 4 is 46.9 Å². The number of carbonyl (C=O) groups excluding carboxylic acids is 3. The second-order valence-corrected chi connectivity index (χ2v) is 11.8. The topological polar surface area (TPSA) is 126 Å². The predicted molar refractivity (Wildman–Crippen MR) is 193 cm³/mol. The number of aromatic hydroxyl groups is 1. The van der Waals surface area contributed by atoms with E-state index >= 15 is 0 Å². The molecule has 1 unspecified atom stereocenters. The molecule has 5 rings (SSSR count). The lowest BCUT2D eigenvalue weighted by Crippen LogP contribution is -2.30. The van der Waals surface area contributed by atoms with Gasteiger partial charge in [0.1, 0.15) is 28.2 Å². The van der Waals surface area contributed by atoms with Gasteiger partial charge < -0.3 is 30.5 Å². The van der Waals surface area contributed by atoms with Crippen molar-refractivity contribution < 1.29 is 29.0 Å². The predicted octanol–water partition coefficient (Wildman–Crippen LogP) is 7.68. The van der Waals surface area contributed by atoms with Gasteiger partial charge in [0.05, 0.1) is 19.4 Å². The molecule has 5 aromatic carbocycles. The van der Waals surface area contributed by atoms with E-state index < -0.39 is 17.1 Å². The summed E-state index contributed by atoms with van der Waals surface area (Å²) in [6.45, 7) is 2.34. The first-order chi connectivity index (χ1) is 23.8. The van der Waals surface area contributed by atoms with Crippen LogP contribution in [0.3, 0.4) is 0 Å². The molecule has 0 bridgehead atoms. The molecule has 0 saturated carbocycles. The fraction of sp³-hybridized carbons (Fsp3) is 0.103. The number of anilines is 2. The van der Waals surface area contributed by atoms with Gasteiger partial charge in [0.25, 0.3) is 11.8 Å². The summed E-state index contributed by atoms with van der Waals surface area (Å²) in [6.07, 6.45) is 1.48. The van der Waals surface area contributed by atoms with E-state index in [-0.39, 0.29) is 17.4 Å². The average molecular weight is 674 g/mol. The molecule has 0 aliphatic rings. The summed E-state index contributed by atoms with van der Waals surface area (Å²) in [6, 6.07) is 36.8. The third kappa shape index (κ3) is 9.30. The molecule has 0 fully saturated rings. The van der Waals surface area contributed by atoms with Crippen LogP contribution < -0.4 is 25.4 Å². The smallest absolute Gasteiger partial charge is 0.272 e. The fourth-order valence-corrected chi connectivity index (χ4v) is 5.93. The van der Waals surface area contributed by atoms with E-state index in [2.05, 4.69) is 16.0 Å². The van der Waals surface area contributed by atoms with E-state index in [0.29, 0.717) is 40.6 Å². The van der Waals surface area contributed by atoms with Crippen LogP contribution >= 0.6 is 11.8 Å². The zero-order valence-electron chi connectivity index (χ0n) is 26.9. The van der Waals surface area contributed by atoms with Crippen LogP contribution in [0.2, 0.25) is 0 Å². The maximum atomic E-state index is 13.8. The van der Waals surface area contributed by atoms with Gasteiger partial charge in [-0.1, -0.05) is 66.7 Å². The van der Waals surface area contributed by atoms with Gasteiger partial charge in [0, 0.05) is 27.8 Å². The van der Waals surface area contributed by atoms with E-state index in [4.69, 9.17) is 9.47 Å². The molecule has 10 heteroatoms. The van der Waals surface area contributed by atoms with Crippen molar-refractivity contribution in [2.24, 2.45) is 0 Å². The van der Waals surface area contributed by atoms with Gasteiger partial charge >= 0.3 is 0 Å². The van der Waals surface area contributed by atoms with Gasteiger partial charge in [-0.15, -0.1) is 11.8 Å². The van der Waals surface area contributed by atoms with Crippen molar-refractivity contribution in [1.29, 1.82) is 0 Å². The number of para-hydroxylation sites is 2. The number of methoxy groups -OCH3 is 1. The molecule has 4 N–H and O–H groups in total. The van der Waals surface area contributed by atoms with Crippen LogP contribution in [-0.4, -0.2) is 36.5 Å². The van der Waals surface area contributed by atoms with Crippen LogP contribution in [0.25, 0.3) is 6.08 Å². The number of phenolic OH excluding ortho intramolecular Hbond substituents is 1. The molecule has 0 aliphatic heterocycles. The van der Waals surface area contributed by atoms with E-state index in [9.17, 15) is 19.5 Å². The maximum Gasteiger partial charge on any atom is 0.272 e. The Morgan fingerprint density at radius 2 is 1.51 bits per heavy atom. The number of rotatable bonds is 13. The highest BCUT2D eigenvalue weighted by molar-refractivity contribution is 8.00. The minimum absolute atomic E-state index is 0.0105. The monoisotopic (exact) mass is 673 g/mol. The lowest BCUT2D eigenvalue weighted by atomic mass is 10.1. The molecule has 3 amide bonds. The molecule has 0 saturated heterocycles. The van der Waals surface area contributed by atoms with Gasteiger partial charge in [0.2, 0.25) is 5.91 Å². The number of hydrogen-bond acceptors (Lipinski definition) is 7. The number of ether oxygens (including phenoxy) is 2. The molecular formula is C39H35N3O6S. The summed E-state index contributed by atoms with van der Waals surface area (Å²) in [5.74, 6) is -0.434. The van der Waals surface area contributed by atoms with Crippen molar-refractivity contribution in [3.63, 3.8) is 0 Å². The molecular weight excluding hydrogens is 639 g/mol. The molecule has 0 spiro atoms. The van der Waals surface area contributed by atoms with Crippen molar-refractivity contribution in [2.45, 2.75) is 17.1 Å². The van der Waals surface area contributed by atoms with Gasteiger partial charge in [-0.05, 0) is 73.2 Å². The van der Waals surface area contributed by atoms with Gasteiger partial charge in [-0.2, -0.15) is 0 Å². The average Bonchev–Trinajstić information content (AvgIpc) is 3.12. The molecule has 0 radical (unpaired) electrons. The second-order valence-electron chi connectivity index (χ2n) is 10.6. The third-order valence-electron chi connectivity index (χ3n) is 7.18. The Kier molecular flexibility index (Phi) is 11.7. The molecule has 248 valence electrons. The molecule has 1 atom stereocenters. The number of nitrogens with one attached hydrogen (secondary N) is 3. The minimum atomic E-state index is -0.635. The van der Waals surface area contributed by atoms with Crippen LogP contribution in [0.5, 0.6) is 17.2 Å². The first-order valence-electron chi connectivity index (χ1n) is 15.5. The number of carbonyl (C=O) groups is 3. The quantitative estimate of drug-likeness (QED) is 0.0746. The zero-order valence-corrected chi connectivity index (χ0v) is 27.7. The molecule has 0 heterocycles. The Morgan fingerprint density at radius 1 is 0.796 bits per heavy atom. The molecule has 49 heavy (non-hydrogen) atoms. The van der Waals surface area contributed by atoms with Crippen LogP contribution in [0.1, 0.15) is 33.7 Å². The highest BCUT2D eigenvalue weighted by Crippen LogP contribution is 2.38. The Balaban J connectivity index is 1.40. The van der Waals surface area contributed by atoms with E-state index in [0.717, 1.165) is 10.5 Å². The summed E-state index contributed by atoms with van der Waals surface area (Å²) in [5.41, 5.74) is 2.59. The van der Waals surface area contributed by atoms with Gasteiger partial charge in [0.15, 0.2) is 0 Å². The number of phenols is 1. The Hall–Kier alpha value is -6.00. The summed E-state index contributed by atoms with van der Waals surface area (Å²) >= 11 is 1.33. The number of thioether (sulfide) groups is 1. The van der Waals surface area contributed by atoms with Crippen molar-refractivity contribution in [1.82, 2.24) is 5.32 Å². The highest BCUT2D eigenvalue weighted by atomic mass is 32.2. The lowest BCUT2D eigenvalue weighted by Gasteiger charge is -2.19. The Morgan fingerprint density at radius 3 is 2.24 bits per heavy atom. The molecule has 5 aromatic rings. The first-order valence-corrected chi connectivity index (χ1v) is 16.3.